The highest BCUT2D eigenvalue weighted by Gasteiger charge is 2.05. The van der Waals surface area contributed by atoms with E-state index in [2.05, 4.69) is 16.6 Å². The van der Waals surface area contributed by atoms with Crippen LogP contribution in [0.3, 0.4) is 0 Å². The van der Waals surface area contributed by atoms with Crippen molar-refractivity contribution in [2.24, 2.45) is 0 Å². The minimum Gasteiger partial charge on any atom is -0.375 e. The molecule has 0 saturated carbocycles. The van der Waals surface area contributed by atoms with Crippen LogP contribution in [0.15, 0.2) is 18.2 Å². The molecule has 0 fully saturated rings. The third kappa shape index (κ3) is 3.84. The first kappa shape index (κ1) is 12.5. The maximum atomic E-state index is 12.8. The lowest BCUT2D eigenvalue weighted by Gasteiger charge is -2.07. The van der Waals surface area contributed by atoms with Gasteiger partial charge in [0.25, 0.3) is 0 Å². The van der Waals surface area contributed by atoms with E-state index in [-0.39, 0.29) is 24.6 Å². The van der Waals surface area contributed by atoms with Crippen LogP contribution < -0.4 is 10.6 Å². The number of nitrogens with one attached hydrogen (secondary N) is 2. The van der Waals surface area contributed by atoms with Crippen molar-refractivity contribution >= 4 is 11.6 Å². The van der Waals surface area contributed by atoms with Crippen molar-refractivity contribution in [1.82, 2.24) is 5.32 Å². The van der Waals surface area contributed by atoms with Gasteiger partial charge in [-0.1, -0.05) is 5.92 Å². The molecule has 1 aromatic rings. The van der Waals surface area contributed by atoms with Gasteiger partial charge in [-0.25, -0.2) is 4.39 Å². The van der Waals surface area contributed by atoms with Crippen LogP contribution in [-0.2, 0) is 4.79 Å². The highest BCUT2D eigenvalue weighted by molar-refractivity contribution is 5.81. The number of hydrogen-bond donors (Lipinski definition) is 2. The SMILES string of the molecule is C#CCNC(=O)CNc1ccc(F)cc1C#N. The van der Waals surface area contributed by atoms with Gasteiger partial charge in [-0.3, -0.25) is 4.79 Å². The first-order valence-electron chi connectivity index (χ1n) is 4.81. The first-order chi connectivity index (χ1) is 8.17. The van der Waals surface area contributed by atoms with E-state index in [1.807, 2.05) is 6.07 Å². The summed E-state index contributed by atoms with van der Waals surface area (Å²) in [5.74, 6) is 1.47. The van der Waals surface area contributed by atoms with Crippen LogP contribution in [0.2, 0.25) is 0 Å². The molecule has 0 aliphatic rings. The number of hydrogen-bond acceptors (Lipinski definition) is 3. The summed E-state index contributed by atoms with van der Waals surface area (Å²) in [6, 6.07) is 5.55. The zero-order chi connectivity index (χ0) is 12.7. The maximum Gasteiger partial charge on any atom is 0.240 e. The second-order valence-corrected chi connectivity index (χ2v) is 3.14. The molecule has 5 heteroatoms. The van der Waals surface area contributed by atoms with Gasteiger partial charge >= 0.3 is 0 Å². The van der Waals surface area contributed by atoms with Gasteiger partial charge in [0, 0.05) is 0 Å². The number of nitriles is 1. The van der Waals surface area contributed by atoms with Crippen molar-refractivity contribution in [1.29, 1.82) is 5.26 Å². The van der Waals surface area contributed by atoms with Gasteiger partial charge in [0.1, 0.15) is 11.9 Å². The third-order valence-electron chi connectivity index (χ3n) is 1.93. The monoisotopic (exact) mass is 231 g/mol. The predicted octanol–water partition coefficient (Wildman–Crippen LogP) is 0.859. The number of carbonyl (C=O) groups excluding carboxylic acids is 1. The van der Waals surface area contributed by atoms with E-state index in [4.69, 9.17) is 11.7 Å². The van der Waals surface area contributed by atoms with Gasteiger partial charge in [-0.15, -0.1) is 6.42 Å². The molecule has 2 N–H and O–H groups in total. The molecule has 0 radical (unpaired) electrons. The molecule has 0 aromatic heterocycles. The standard InChI is InChI=1S/C12H10FN3O/c1-2-5-15-12(17)8-16-11-4-3-10(13)6-9(11)7-14/h1,3-4,6,16H,5,8H2,(H,15,17). The Morgan fingerprint density at radius 2 is 2.29 bits per heavy atom. The molecule has 86 valence electrons. The zero-order valence-electron chi connectivity index (χ0n) is 8.96. The molecule has 0 aliphatic heterocycles. The topological polar surface area (TPSA) is 64.9 Å². The lowest BCUT2D eigenvalue weighted by Crippen LogP contribution is -2.30. The Bertz CT molecular complexity index is 499. The van der Waals surface area contributed by atoms with Gasteiger partial charge in [0.2, 0.25) is 5.91 Å². The third-order valence-corrected chi connectivity index (χ3v) is 1.93. The van der Waals surface area contributed by atoms with Crippen molar-refractivity contribution in [3.63, 3.8) is 0 Å². The normalized spacial score (nSPS) is 8.88. The Labute approximate surface area is 98.4 Å². The van der Waals surface area contributed by atoms with Gasteiger partial charge in [0.05, 0.1) is 24.3 Å². The van der Waals surface area contributed by atoms with Gasteiger partial charge in [0.15, 0.2) is 0 Å². The number of carbonyl (C=O) groups is 1. The fourth-order valence-corrected chi connectivity index (χ4v) is 1.15. The molecule has 1 rings (SSSR count). The van der Waals surface area contributed by atoms with Crippen molar-refractivity contribution in [2.75, 3.05) is 18.4 Å². The molecule has 0 heterocycles. The first-order valence-corrected chi connectivity index (χ1v) is 4.81. The maximum absolute atomic E-state index is 12.8. The van der Waals surface area contributed by atoms with Gasteiger partial charge < -0.3 is 10.6 Å². The number of terminal acetylenes is 1. The number of rotatable bonds is 4. The average molecular weight is 231 g/mol. The lowest BCUT2D eigenvalue weighted by atomic mass is 10.2. The number of halogens is 1. The molecule has 0 atom stereocenters. The lowest BCUT2D eigenvalue weighted by molar-refractivity contribution is -0.119. The van der Waals surface area contributed by atoms with E-state index in [0.29, 0.717) is 5.69 Å². The van der Waals surface area contributed by atoms with Gasteiger partial charge in [-0.2, -0.15) is 5.26 Å². The Balaban J connectivity index is 2.61. The number of benzene rings is 1. The molecule has 0 unspecified atom stereocenters. The van der Waals surface area contributed by atoms with Crippen LogP contribution >= 0.6 is 0 Å². The molecule has 1 amide bonds. The molecule has 17 heavy (non-hydrogen) atoms. The van der Waals surface area contributed by atoms with Crippen LogP contribution in [0.5, 0.6) is 0 Å². The quantitative estimate of drug-likeness (QED) is 0.755. The van der Waals surface area contributed by atoms with Crippen LogP contribution in [0, 0.1) is 29.5 Å². The molecule has 0 aliphatic carbocycles. The van der Waals surface area contributed by atoms with Crippen LogP contribution in [0.4, 0.5) is 10.1 Å². The Hall–Kier alpha value is -2.53. The fourth-order valence-electron chi connectivity index (χ4n) is 1.15. The summed E-state index contributed by atoms with van der Waals surface area (Å²) < 4.78 is 12.8. The van der Waals surface area contributed by atoms with E-state index in [0.717, 1.165) is 6.07 Å². The Morgan fingerprint density at radius 3 is 2.94 bits per heavy atom. The summed E-state index contributed by atoms with van der Waals surface area (Å²) in [6.07, 6.45) is 4.98. The molecule has 0 saturated heterocycles. The smallest absolute Gasteiger partial charge is 0.240 e. The average Bonchev–Trinajstić information content (AvgIpc) is 2.34. The number of anilines is 1. The predicted molar refractivity (Wildman–Crippen MR) is 61.4 cm³/mol. The van der Waals surface area contributed by atoms with E-state index < -0.39 is 5.82 Å². The van der Waals surface area contributed by atoms with E-state index in [1.54, 1.807) is 0 Å². The highest BCUT2D eigenvalue weighted by Crippen LogP contribution is 2.15. The van der Waals surface area contributed by atoms with Crippen molar-refractivity contribution < 1.29 is 9.18 Å². The molecular weight excluding hydrogens is 221 g/mol. The van der Waals surface area contributed by atoms with E-state index in [1.165, 1.54) is 12.1 Å². The fraction of sp³-hybridized carbons (Fsp3) is 0.167. The molecule has 0 spiro atoms. The summed E-state index contributed by atoms with van der Waals surface area (Å²) in [4.78, 5) is 11.2. The van der Waals surface area contributed by atoms with Crippen LogP contribution in [0.25, 0.3) is 0 Å². The molecule has 4 nitrogen and oxygen atoms in total. The van der Waals surface area contributed by atoms with Gasteiger partial charge in [-0.05, 0) is 18.2 Å². The zero-order valence-corrected chi connectivity index (χ0v) is 8.96. The molecule has 0 bridgehead atoms. The minimum absolute atomic E-state index is 0.0258. The number of amides is 1. The van der Waals surface area contributed by atoms with Crippen LogP contribution in [-0.4, -0.2) is 19.0 Å². The second kappa shape index (κ2) is 6.14. The van der Waals surface area contributed by atoms with Crippen molar-refractivity contribution in [3.05, 3.63) is 29.6 Å². The van der Waals surface area contributed by atoms with Crippen molar-refractivity contribution in [2.45, 2.75) is 0 Å². The van der Waals surface area contributed by atoms with Crippen LogP contribution in [0.1, 0.15) is 5.56 Å². The molecular formula is C12H10FN3O. The number of nitrogens with zero attached hydrogens (tertiary/aromatic N) is 1. The summed E-state index contributed by atoms with van der Waals surface area (Å²) in [6.45, 7) is 0.122. The Morgan fingerprint density at radius 1 is 1.53 bits per heavy atom. The minimum atomic E-state index is -0.496. The summed E-state index contributed by atoms with van der Waals surface area (Å²) in [7, 11) is 0. The van der Waals surface area contributed by atoms with Crippen molar-refractivity contribution in [3.8, 4) is 18.4 Å². The Kier molecular flexibility index (Phi) is 4.53. The van der Waals surface area contributed by atoms with E-state index >= 15 is 0 Å². The largest absolute Gasteiger partial charge is 0.375 e. The highest BCUT2D eigenvalue weighted by atomic mass is 19.1. The van der Waals surface area contributed by atoms with E-state index in [9.17, 15) is 9.18 Å². The summed E-state index contributed by atoms with van der Waals surface area (Å²) in [5, 5.41) is 14.0. The summed E-state index contributed by atoms with van der Waals surface area (Å²) in [5.41, 5.74) is 0.555. The second-order valence-electron chi connectivity index (χ2n) is 3.14. The molecule has 1 aromatic carbocycles. The summed E-state index contributed by atoms with van der Waals surface area (Å²) >= 11 is 0.